The Morgan fingerprint density at radius 2 is 1.89 bits per heavy atom. The summed E-state index contributed by atoms with van der Waals surface area (Å²) in [5, 5.41) is 10.4. The quantitative estimate of drug-likeness (QED) is 0.804. The first-order valence-electron chi connectivity index (χ1n) is 7.03. The van der Waals surface area contributed by atoms with Gasteiger partial charge in [-0.1, -0.05) is 0 Å². The molecule has 4 rings (SSSR count). The van der Waals surface area contributed by atoms with E-state index in [1.54, 1.807) is 0 Å². The van der Waals surface area contributed by atoms with Crippen LogP contribution in [0.3, 0.4) is 0 Å². The molecule has 0 saturated heterocycles. The van der Waals surface area contributed by atoms with Crippen molar-refractivity contribution in [2.45, 2.75) is 51.1 Å². The van der Waals surface area contributed by atoms with Crippen molar-refractivity contribution in [3.8, 4) is 0 Å². The van der Waals surface area contributed by atoms with Crippen LogP contribution in [0.2, 0.25) is 0 Å². The van der Waals surface area contributed by atoms with Gasteiger partial charge in [0, 0.05) is 12.3 Å². The van der Waals surface area contributed by atoms with Gasteiger partial charge in [0.15, 0.2) is 0 Å². The van der Waals surface area contributed by atoms with Gasteiger partial charge < -0.3 is 9.84 Å². The summed E-state index contributed by atoms with van der Waals surface area (Å²) in [6.45, 7) is 0.491. The molecular formula is C14H20F2O3. The van der Waals surface area contributed by atoms with Crippen molar-refractivity contribution in [3.63, 3.8) is 0 Å². The molecule has 19 heavy (non-hydrogen) atoms. The number of carbonyl (C=O) groups is 1. The molecule has 3 nitrogen and oxygen atoms in total. The zero-order valence-corrected chi connectivity index (χ0v) is 11.1. The third-order valence-electron chi connectivity index (χ3n) is 5.25. The number of hydrogen-bond acceptors (Lipinski definition) is 3. The minimum absolute atomic E-state index is 0.0556. The van der Waals surface area contributed by atoms with E-state index < -0.39 is 23.4 Å². The molecule has 3 atom stereocenters. The molecule has 5 heteroatoms. The van der Waals surface area contributed by atoms with Gasteiger partial charge in [-0.3, -0.25) is 0 Å². The molecule has 1 N–H and O–H groups in total. The van der Waals surface area contributed by atoms with Gasteiger partial charge in [-0.2, -0.15) is 8.78 Å². The van der Waals surface area contributed by atoms with E-state index in [-0.39, 0.29) is 12.5 Å². The second-order valence-electron chi connectivity index (χ2n) is 6.88. The van der Waals surface area contributed by atoms with Crippen LogP contribution in [0.1, 0.15) is 39.0 Å². The summed E-state index contributed by atoms with van der Waals surface area (Å²) in [4.78, 5) is 11.2. The van der Waals surface area contributed by atoms with E-state index in [0.717, 1.165) is 25.7 Å². The number of ether oxygens (including phenoxy) is 1. The monoisotopic (exact) mass is 274 g/mol. The summed E-state index contributed by atoms with van der Waals surface area (Å²) in [5.41, 5.74) is -0.463. The van der Waals surface area contributed by atoms with E-state index in [9.17, 15) is 18.7 Å². The lowest BCUT2D eigenvalue weighted by Gasteiger charge is -2.59. The van der Waals surface area contributed by atoms with Gasteiger partial charge in [-0.15, -0.1) is 0 Å². The number of aliphatic hydroxyl groups is 1. The Morgan fingerprint density at radius 1 is 1.32 bits per heavy atom. The Morgan fingerprint density at radius 3 is 2.42 bits per heavy atom. The molecule has 108 valence electrons. The topological polar surface area (TPSA) is 46.5 Å². The Labute approximate surface area is 111 Å². The minimum Gasteiger partial charge on any atom is -0.461 e. The average molecular weight is 274 g/mol. The number of halogens is 2. The van der Waals surface area contributed by atoms with Crippen LogP contribution in [0, 0.1) is 23.2 Å². The molecule has 0 heterocycles. The van der Waals surface area contributed by atoms with Crippen molar-refractivity contribution in [2.75, 3.05) is 6.61 Å². The lowest BCUT2D eigenvalue weighted by molar-refractivity contribution is -0.199. The smallest absolute Gasteiger partial charge is 0.376 e. The summed E-state index contributed by atoms with van der Waals surface area (Å²) in [5.74, 6) is -3.52. The van der Waals surface area contributed by atoms with Gasteiger partial charge >= 0.3 is 11.9 Å². The van der Waals surface area contributed by atoms with E-state index in [1.807, 2.05) is 0 Å². The van der Waals surface area contributed by atoms with Crippen LogP contribution in [0.15, 0.2) is 0 Å². The molecule has 4 aliphatic rings. The van der Waals surface area contributed by atoms with Crippen LogP contribution in [0.25, 0.3) is 0 Å². The van der Waals surface area contributed by atoms with Crippen LogP contribution in [-0.4, -0.2) is 29.7 Å². The predicted octanol–water partition coefficient (Wildman–Crippen LogP) is 2.37. The predicted molar refractivity (Wildman–Crippen MR) is 63.6 cm³/mol. The normalized spacial score (nSPS) is 44.4. The Hall–Kier alpha value is -0.710. The van der Waals surface area contributed by atoms with Gasteiger partial charge in [0.25, 0.3) is 0 Å². The molecule has 0 spiro atoms. The van der Waals surface area contributed by atoms with Crippen LogP contribution in [0.5, 0.6) is 0 Å². The molecule has 0 aromatic rings. The summed E-state index contributed by atoms with van der Waals surface area (Å²) in [6, 6.07) is 0. The molecule has 0 aromatic carbocycles. The maximum absolute atomic E-state index is 12.8. The van der Waals surface area contributed by atoms with Gasteiger partial charge in [-0.25, -0.2) is 4.79 Å². The molecule has 0 amide bonds. The fourth-order valence-electron chi connectivity index (χ4n) is 4.72. The Kier molecular flexibility index (Phi) is 2.89. The second-order valence-corrected chi connectivity index (χ2v) is 6.88. The lowest BCUT2D eigenvalue weighted by Crippen LogP contribution is -2.58. The van der Waals surface area contributed by atoms with Crippen LogP contribution < -0.4 is 0 Å². The highest BCUT2D eigenvalue weighted by Gasteiger charge is 2.57. The summed E-state index contributed by atoms with van der Waals surface area (Å²) >= 11 is 0. The van der Waals surface area contributed by atoms with Crippen molar-refractivity contribution in [2.24, 2.45) is 23.2 Å². The number of rotatable bonds is 3. The van der Waals surface area contributed by atoms with E-state index in [4.69, 9.17) is 4.74 Å². The van der Waals surface area contributed by atoms with Crippen molar-refractivity contribution in [3.05, 3.63) is 0 Å². The van der Waals surface area contributed by atoms with E-state index in [1.165, 1.54) is 6.42 Å². The van der Waals surface area contributed by atoms with Gasteiger partial charge in [0.2, 0.25) is 0 Å². The third-order valence-corrected chi connectivity index (χ3v) is 5.25. The van der Waals surface area contributed by atoms with E-state index in [0.29, 0.717) is 18.8 Å². The largest absolute Gasteiger partial charge is 0.461 e. The highest BCUT2D eigenvalue weighted by molar-refractivity contribution is 5.76. The molecule has 4 fully saturated rings. The first-order valence-corrected chi connectivity index (χ1v) is 7.03. The Balaban J connectivity index is 1.71. The van der Waals surface area contributed by atoms with Gasteiger partial charge in [0.1, 0.15) is 0 Å². The number of aliphatic hydroxyl groups excluding tert-OH is 1. The van der Waals surface area contributed by atoms with E-state index >= 15 is 0 Å². The molecule has 4 bridgehead atoms. The maximum Gasteiger partial charge on any atom is 0.376 e. The lowest BCUT2D eigenvalue weighted by atomic mass is 9.48. The number of esters is 1. The number of alkyl halides is 2. The van der Waals surface area contributed by atoms with Crippen LogP contribution in [-0.2, 0) is 9.53 Å². The fourth-order valence-corrected chi connectivity index (χ4v) is 4.72. The summed E-state index contributed by atoms with van der Waals surface area (Å²) in [7, 11) is 0. The standard InChI is InChI=1S/C14H20F2O3/c1-13(15,16)12(18)19-7-14-5-8-2-9(6-14)4-10(3-8)11(14)17/h8-11,17H,2-7H2,1H3. The molecule has 0 aliphatic heterocycles. The van der Waals surface area contributed by atoms with E-state index in [2.05, 4.69) is 0 Å². The Bertz CT molecular complexity index is 377. The molecular weight excluding hydrogens is 254 g/mol. The highest BCUT2D eigenvalue weighted by atomic mass is 19.3. The van der Waals surface area contributed by atoms with Crippen LogP contribution in [0.4, 0.5) is 8.78 Å². The zero-order valence-electron chi connectivity index (χ0n) is 11.1. The first kappa shape index (κ1) is 13.3. The van der Waals surface area contributed by atoms with Crippen LogP contribution >= 0.6 is 0 Å². The summed E-state index contributed by atoms with van der Waals surface area (Å²) in [6.07, 6.45) is 4.38. The first-order chi connectivity index (χ1) is 8.80. The van der Waals surface area contributed by atoms with Crippen molar-refractivity contribution >= 4 is 5.97 Å². The minimum atomic E-state index is -3.45. The highest BCUT2D eigenvalue weighted by Crippen LogP contribution is 2.60. The second kappa shape index (κ2) is 4.14. The zero-order chi connectivity index (χ0) is 13.8. The van der Waals surface area contributed by atoms with Crippen molar-refractivity contribution < 1.29 is 23.4 Å². The third kappa shape index (κ3) is 2.16. The SMILES string of the molecule is CC(F)(F)C(=O)OCC12CC3CC(CC(C3)C1O)C2. The fraction of sp³-hybridized carbons (Fsp3) is 0.929. The number of hydrogen-bond donors (Lipinski definition) is 1. The molecule has 3 unspecified atom stereocenters. The maximum atomic E-state index is 12.8. The van der Waals surface area contributed by atoms with Gasteiger partial charge in [-0.05, 0) is 49.9 Å². The summed E-state index contributed by atoms with van der Waals surface area (Å²) < 4.78 is 30.5. The molecule has 4 saturated carbocycles. The van der Waals surface area contributed by atoms with Gasteiger partial charge in [0.05, 0.1) is 12.7 Å². The molecule has 4 aliphatic carbocycles. The molecule has 0 radical (unpaired) electrons. The number of carbonyl (C=O) groups excluding carboxylic acids is 1. The van der Waals surface area contributed by atoms with Crippen molar-refractivity contribution in [1.29, 1.82) is 0 Å². The molecule has 0 aromatic heterocycles. The average Bonchev–Trinajstić information content (AvgIpc) is 2.31. The van der Waals surface area contributed by atoms with Crippen molar-refractivity contribution in [1.82, 2.24) is 0 Å².